The average Bonchev–Trinajstić information content (AvgIpc) is 1.86. The van der Waals surface area contributed by atoms with Crippen LogP contribution in [0.5, 0.6) is 0 Å². The molecule has 0 aromatic heterocycles. The molecule has 1 N–H and O–H groups in total. The lowest BCUT2D eigenvalue weighted by Gasteiger charge is -2.07. The molecular weight excluding hydrogens is 142 g/mol. The number of Topliss-reactive ketones (excluding diaryl/α,β-unsaturated/α-hetero) is 1. The van der Waals surface area contributed by atoms with Crippen LogP contribution in [-0.2, 0) is 9.59 Å². The maximum Gasteiger partial charge on any atom is 0.223 e. The SMILES string of the molecule is CCNC(=O)C(C)CC(C)=O. The van der Waals surface area contributed by atoms with Crippen LogP contribution in [0.25, 0.3) is 0 Å². The number of hydrogen-bond donors (Lipinski definition) is 1. The number of nitrogens with one attached hydrogen (secondary N) is 1. The van der Waals surface area contributed by atoms with Crippen LogP contribution in [-0.4, -0.2) is 18.2 Å². The fourth-order valence-electron chi connectivity index (χ4n) is 0.872. The van der Waals surface area contributed by atoms with Gasteiger partial charge in [0.25, 0.3) is 0 Å². The molecule has 1 unspecified atom stereocenters. The second-order valence-corrected chi connectivity index (χ2v) is 2.70. The van der Waals surface area contributed by atoms with E-state index >= 15 is 0 Å². The van der Waals surface area contributed by atoms with Crippen molar-refractivity contribution in [2.45, 2.75) is 27.2 Å². The highest BCUT2D eigenvalue weighted by atomic mass is 16.2. The Morgan fingerprint density at radius 1 is 1.45 bits per heavy atom. The summed E-state index contributed by atoms with van der Waals surface area (Å²) in [4.78, 5) is 21.6. The zero-order chi connectivity index (χ0) is 8.85. The number of hydrogen-bond acceptors (Lipinski definition) is 2. The maximum atomic E-state index is 11.0. The van der Waals surface area contributed by atoms with E-state index < -0.39 is 0 Å². The summed E-state index contributed by atoms with van der Waals surface area (Å²) in [5.74, 6) is -0.168. The highest BCUT2D eigenvalue weighted by Crippen LogP contribution is 2.01. The van der Waals surface area contributed by atoms with Crippen molar-refractivity contribution in [2.75, 3.05) is 6.54 Å². The van der Waals surface area contributed by atoms with Crippen molar-refractivity contribution in [3.63, 3.8) is 0 Å². The summed E-state index contributed by atoms with van der Waals surface area (Å²) in [7, 11) is 0. The van der Waals surface area contributed by atoms with Crippen molar-refractivity contribution in [2.24, 2.45) is 5.92 Å². The Labute approximate surface area is 67.2 Å². The highest BCUT2D eigenvalue weighted by molar-refractivity contribution is 5.85. The van der Waals surface area contributed by atoms with Crippen molar-refractivity contribution in [3.05, 3.63) is 0 Å². The summed E-state index contributed by atoms with van der Waals surface area (Å²) in [5, 5.41) is 2.66. The van der Waals surface area contributed by atoms with E-state index in [0.29, 0.717) is 13.0 Å². The third-order valence-corrected chi connectivity index (χ3v) is 1.39. The van der Waals surface area contributed by atoms with Crippen molar-refractivity contribution in [1.29, 1.82) is 0 Å². The molecule has 3 heteroatoms. The molecule has 0 radical (unpaired) electrons. The predicted molar refractivity (Wildman–Crippen MR) is 43.1 cm³/mol. The third kappa shape index (κ3) is 4.53. The molecule has 0 fully saturated rings. The standard InChI is InChI=1S/C8H15NO2/c1-4-9-8(11)6(2)5-7(3)10/h6H,4-5H2,1-3H3,(H,9,11). The number of ketones is 1. The molecule has 3 nitrogen and oxygen atoms in total. The molecule has 0 aromatic carbocycles. The van der Waals surface area contributed by atoms with E-state index in [9.17, 15) is 9.59 Å². The highest BCUT2D eigenvalue weighted by Gasteiger charge is 2.12. The minimum atomic E-state index is -0.188. The van der Waals surface area contributed by atoms with Gasteiger partial charge in [-0.25, -0.2) is 0 Å². The van der Waals surface area contributed by atoms with Crippen LogP contribution < -0.4 is 5.32 Å². The Morgan fingerprint density at radius 3 is 2.36 bits per heavy atom. The number of carbonyl (C=O) groups excluding carboxylic acids is 2. The fourth-order valence-corrected chi connectivity index (χ4v) is 0.872. The first-order valence-electron chi connectivity index (χ1n) is 3.85. The molecular formula is C8H15NO2. The molecule has 1 atom stereocenters. The van der Waals surface area contributed by atoms with Gasteiger partial charge in [-0.2, -0.15) is 0 Å². The Balaban J connectivity index is 3.73. The quantitative estimate of drug-likeness (QED) is 0.654. The largest absolute Gasteiger partial charge is 0.356 e. The van der Waals surface area contributed by atoms with Crippen LogP contribution in [0.3, 0.4) is 0 Å². The number of amides is 1. The van der Waals surface area contributed by atoms with E-state index in [1.54, 1.807) is 6.92 Å². The fraction of sp³-hybridized carbons (Fsp3) is 0.750. The van der Waals surface area contributed by atoms with Crippen LogP contribution >= 0.6 is 0 Å². The van der Waals surface area contributed by atoms with Crippen molar-refractivity contribution in [3.8, 4) is 0 Å². The van der Waals surface area contributed by atoms with Gasteiger partial charge in [-0.1, -0.05) is 6.92 Å². The van der Waals surface area contributed by atoms with E-state index in [4.69, 9.17) is 0 Å². The van der Waals surface area contributed by atoms with Crippen LogP contribution in [0.2, 0.25) is 0 Å². The molecule has 0 saturated carbocycles. The van der Waals surface area contributed by atoms with Gasteiger partial charge in [0, 0.05) is 18.9 Å². The minimum absolute atomic E-state index is 0.0392. The lowest BCUT2D eigenvalue weighted by atomic mass is 10.1. The third-order valence-electron chi connectivity index (χ3n) is 1.39. The summed E-state index contributed by atoms with van der Waals surface area (Å²) in [6.45, 7) is 5.74. The molecule has 0 aliphatic carbocycles. The van der Waals surface area contributed by atoms with Gasteiger partial charge in [-0.05, 0) is 13.8 Å². The number of carbonyl (C=O) groups is 2. The zero-order valence-corrected chi connectivity index (χ0v) is 7.31. The summed E-state index contributed by atoms with van der Waals surface area (Å²) in [6.07, 6.45) is 0.339. The van der Waals surface area contributed by atoms with Crippen LogP contribution in [0.15, 0.2) is 0 Å². The molecule has 0 aliphatic rings. The van der Waals surface area contributed by atoms with E-state index in [2.05, 4.69) is 5.32 Å². The van der Waals surface area contributed by atoms with Gasteiger partial charge in [0.2, 0.25) is 5.91 Å². The molecule has 0 aliphatic heterocycles. The lowest BCUT2D eigenvalue weighted by molar-refractivity contribution is -0.128. The first-order chi connectivity index (χ1) is 5.07. The van der Waals surface area contributed by atoms with Gasteiger partial charge in [-0.3, -0.25) is 4.79 Å². The van der Waals surface area contributed by atoms with Gasteiger partial charge in [0.15, 0.2) is 0 Å². The molecule has 64 valence electrons. The molecule has 1 amide bonds. The normalized spacial score (nSPS) is 12.3. The van der Waals surface area contributed by atoms with E-state index in [0.717, 1.165) is 0 Å². The Kier molecular flexibility index (Phi) is 4.50. The molecule has 0 heterocycles. The Morgan fingerprint density at radius 2 is 2.00 bits per heavy atom. The maximum absolute atomic E-state index is 11.0. The Hall–Kier alpha value is -0.860. The number of rotatable bonds is 4. The van der Waals surface area contributed by atoms with Crippen molar-refractivity contribution < 1.29 is 9.59 Å². The van der Waals surface area contributed by atoms with Crippen LogP contribution in [0.1, 0.15) is 27.2 Å². The molecule has 0 bridgehead atoms. The second-order valence-electron chi connectivity index (χ2n) is 2.70. The summed E-state index contributed by atoms with van der Waals surface area (Å²) in [6, 6.07) is 0. The van der Waals surface area contributed by atoms with Gasteiger partial charge in [0.05, 0.1) is 0 Å². The van der Waals surface area contributed by atoms with Gasteiger partial charge in [0.1, 0.15) is 5.78 Å². The van der Waals surface area contributed by atoms with Gasteiger partial charge < -0.3 is 10.1 Å². The molecule has 0 spiro atoms. The molecule has 0 saturated heterocycles. The molecule has 0 aromatic rings. The first kappa shape index (κ1) is 10.1. The lowest BCUT2D eigenvalue weighted by Crippen LogP contribution is -2.29. The zero-order valence-electron chi connectivity index (χ0n) is 7.31. The van der Waals surface area contributed by atoms with Gasteiger partial charge >= 0.3 is 0 Å². The van der Waals surface area contributed by atoms with Crippen LogP contribution in [0.4, 0.5) is 0 Å². The first-order valence-corrected chi connectivity index (χ1v) is 3.85. The van der Waals surface area contributed by atoms with Gasteiger partial charge in [-0.15, -0.1) is 0 Å². The monoisotopic (exact) mass is 157 g/mol. The summed E-state index contributed by atoms with van der Waals surface area (Å²) >= 11 is 0. The van der Waals surface area contributed by atoms with E-state index in [-0.39, 0.29) is 17.6 Å². The molecule has 0 rings (SSSR count). The second kappa shape index (κ2) is 4.88. The molecule has 11 heavy (non-hydrogen) atoms. The summed E-state index contributed by atoms with van der Waals surface area (Å²) < 4.78 is 0. The van der Waals surface area contributed by atoms with Crippen molar-refractivity contribution in [1.82, 2.24) is 5.32 Å². The van der Waals surface area contributed by atoms with Crippen molar-refractivity contribution >= 4 is 11.7 Å². The van der Waals surface area contributed by atoms with E-state index in [1.165, 1.54) is 6.92 Å². The minimum Gasteiger partial charge on any atom is -0.356 e. The van der Waals surface area contributed by atoms with Crippen LogP contribution in [0, 0.1) is 5.92 Å². The topological polar surface area (TPSA) is 46.2 Å². The van der Waals surface area contributed by atoms with E-state index in [1.807, 2.05) is 6.92 Å². The predicted octanol–water partition coefficient (Wildman–Crippen LogP) is 0.738. The average molecular weight is 157 g/mol. The summed E-state index contributed by atoms with van der Waals surface area (Å²) in [5.41, 5.74) is 0. The Bertz CT molecular complexity index is 154. The smallest absolute Gasteiger partial charge is 0.223 e.